The highest BCUT2D eigenvalue weighted by Crippen LogP contribution is 2.65. The van der Waals surface area contributed by atoms with E-state index < -0.39 is 0 Å². The third-order valence-corrected chi connectivity index (χ3v) is 21.6. The van der Waals surface area contributed by atoms with Crippen LogP contribution in [0, 0.1) is 13.8 Å². The van der Waals surface area contributed by atoms with Crippen LogP contribution in [0.4, 0.5) is 34.1 Å². The molecule has 2 heterocycles. The van der Waals surface area contributed by atoms with E-state index in [4.69, 9.17) is 0 Å². The van der Waals surface area contributed by atoms with Crippen LogP contribution in [-0.2, 0) is 12.8 Å². The minimum atomic E-state index is 0.815. The van der Waals surface area contributed by atoms with Gasteiger partial charge in [-0.3, -0.25) is 0 Å². The molecule has 2 heteroatoms. The maximum atomic E-state index is 2.55. The van der Waals surface area contributed by atoms with Gasteiger partial charge in [-0.15, -0.1) is 0 Å². The average molecular weight is 1250 g/mol. The molecule has 0 atom stereocenters. The standard InChI is InChI=1S/C96H64N2/c1-59-87(72-44-46-85-79(57-72)53-70-30-18-20-36-83(70)97(85)81-32-8-4-9-33-81)88(73-45-47-86-80(58-73)54-71-31-19-21-37-84(71)98(86)82-34-10-5-11-35-82)60(2)90-89(59)92(74-41-38-61-22-12-13-25-63(61)50-74)96-94(76-43-40-69-49-65-27-15-17-29-67(65)52-78(69)56-76)93(91(95(90)96)62-23-6-3-7-24-62)75-42-39-68-48-64-26-14-16-28-66(64)51-77(68)55-75/h3-52,55-58H,53-54H2,1-2H3. The fraction of sp³-hybridized carbons (Fsp3) is 0.0417. The zero-order chi connectivity index (χ0) is 64.7. The number of para-hydroxylation sites is 4. The Kier molecular flexibility index (Phi) is 12.6. The lowest BCUT2D eigenvalue weighted by atomic mass is 9.78. The largest absolute Gasteiger partial charge is 0.310 e. The number of hydrogen-bond donors (Lipinski definition) is 0. The predicted octanol–water partition coefficient (Wildman–Crippen LogP) is 25.5. The first-order valence-electron chi connectivity index (χ1n) is 34.4. The van der Waals surface area contributed by atoms with Gasteiger partial charge in [-0.05, 0) is 293 Å². The number of hydrogen-bond acceptors (Lipinski definition) is 2. The van der Waals surface area contributed by atoms with E-state index in [-0.39, 0.29) is 0 Å². The monoisotopic (exact) mass is 1240 g/mol. The van der Waals surface area contributed by atoms with Gasteiger partial charge in [0.2, 0.25) is 0 Å². The quantitative estimate of drug-likeness (QED) is 0.140. The molecule has 0 spiro atoms. The molecule has 0 fully saturated rings. The van der Waals surface area contributed by atoms with Crippen molar-refractivity contribution in [2.75, 3.05) is 9.80 Å². The zero-order valence-electron chi connectivity index (χ0n) is 54.5. The highest BCUT2D eigenvalue weighted by Gasteiger charge is 2.44. The Labute approximate surface area is 570 Å². The predicted molar refractivity (Wildman–Crippen MR) is 415 cm³/mol. The molecule has 0 radical (unpaired) electrons. The number of nitrogens with zero attached hydrogens (tertiary/aromatic N) is 2. The van der Waals surface area contributed by atoms with Gasteiger partial charge in [0.25, 0.3) is 0 Å². The van der Waals surface area contributed by atoms with Gasteiger partial charge in [0, 0.05) is 47.0 Å². The normalized spacial score (nSPS) is 13.8. The van der Waals surface area contributed by atoms with Crippen LogP contribution in [0.3, 0.4) is 0 Å². The van der Waals surface area contributed by atoms with Crippen molar-refractivity contribution in [3.8, 4) is 22.3 Å². The SMILES string of the molecule is Cc1c2c(c(C)c(-c3ccc4c(c3)Cc3ccccc3N4c3ccccc3)c1-c1ccc3c(c1)Cc1ccccc1N3c1ccccc1)C(c1ccc3ccccc3c1)=C1C(c3ccc4cc5ccccc5cc4c3)=C(c3ccc4cc5ccccc5cc4c3)C(c3ccccc3)=C12. The summed E-state index contributed by atoms with van der Waals surface area (Å²) in [5.74, 6) is 0. The second-order valence-electron chi connectivity index (χ2n) is 27.1. The van der Waals surface area contributed by atoms with Crippen LogP contribution in [0.15, 0.2) is 333 Å². The molecular weight excluding hydrogens is 1180 g/mol. The highest BCUT2D eigenvalue weighted by atomic mass is 15.2. The van der Waals surface area contributed by atoms with E-state index in [1.165, 1.54) is 199 Å². The van der Waals surface area contributed by atoms with Crippen molar-refractivity contribution in [3.05, 3.63) is 400 Å². The average Bonchev–Trinajstić information content (AvgIpc) is 1.50. The maximum absolute atomic E-state index is 2.55. The van der Waals surface area contributed by atoms with Gasteiger partial charge in [0.1, 0.15) is 0 Å². The van der Waals surface area contributed by atoms with Crippen molar-refractivity contribution < 1.29 is 0 Å². The van der Waals surface area contributed by atoms with E-state index in [0.717, 1.165) is 24.2 Å². The van der Waals surface area contributed by atoms with Gasteiger partial charge in [0.05, 0.1) is 0 Å². The number of benzene rings is 16. The second kappa shape index (κ2) is 22.1. The molecule has 0 amide bonds. The summed E-state index contributed by atoms with van der Waals surface area (Å²) in [7, 11) is 0. The van der Waals surface area contributed by atoms with E-state index in [0.29, 0.717) is 0 Å². The Morgan fingerprint density at radius 1 is 0.194 bits per heavy atom. The van der Waals surface area contributed by atoms with E-state index in [1.54, 1.807) is 0 Å². The molecule has 98 heavy (non-hydrogen) atoms. The van der Waals surface area contributed by atoms with Gasteiger partial charge in [-0.25, -0.2) is 0 Å². The van der Waals surface area contributed by atoms with E-state index in [9.17, 15) is 0 Å². The lowest BCUT2D eigenvalue weighted by Crippen LogP contribution is -2.18. The van der Waals surface area contributed by atoms with Crippen LogP contribution in [0.25, 0.3) is 104 Å². The molecular formula is C96H64N2. The van der Waals surface area contributed by atoms with Crippen LogP contribution >= 0.6 is 0 Å². The molecule has 16 aromatic carbocycles. The van der Waals surface area contributed by atoms with Crippen molar-refractivity contribution in [2.45, 2.75) is 26.7 Å². The molecule has 2 aliphatic heterocycles. The minimum Gasteiger partial charge on any atom is -0.310 e. The molecule has 2 nitrogen and oxygen atoms in total. The molecule has 4 aliphatic rings. The second-order valence-corrected chi connectivity index (χ2v) is 27.1. The Balaban J connectivity index is 0.921. The molecule has 0 bridgehead atoms. The first-order valence-corrected chi connectivity index (χ1v) is 34.4. The molecule has 458 valence electrons. The molecule has 0 N–H and O–H groups in total. The van der Waals surface area contributed by atoms with Crippen LogP contribution < -0.4 is 9.80 Å². The summed E-state index contributed by atoms with van der Waals surface area (Å²) < 4.78 is 0. The molecule has 0 saturated carbocycles. The summed E-state index contributed by atoms with van der Waals surface area (Å²) >= 11 is 0. The van der Waals surface area contributed by atoms with E-state index in [2.05, 4.69) is 351 Å². The Morgan fingerprint density at radius 2 is 0.520 bits per heavy atom. The zero-order valence-corrected chi connectivity index (χ0v) is 54.5. The first-order chi connectivity index (χ1) is 48.4. The first kappa shape index (κ1) is 56.0. The van der Waals surface area contributed by atoms with Gasteiger partial charge in [0.15, 0.2) is 0 Å². The van der Waals surface area contributed by atoms with Crippen molar-refractivity contribution in [2.24, 2.45) is 0 Å². The van der Waals surface area contributed by atoms with Crippen molar-refractivity contribution >= 4 is 116 Å². The topological polar surface area (TPSA) is 6.48 Å². The van der Waals surface area contributed by atoms with Crippen LogP contribution in [0.2, 0.25) is 0 Å². The summed E-state index contributed by atoms with van der Waals surface area (Å²) in [6.45, 7) is 4.92. The lowest BCUT2D eigenvalue weighted by Gasteiger charge is -2.34. The lowest BCUT2D eigenvalue weighted by molar-refractivity contribution is 1.09. The minimum absolute atomic E-state index is 0.815. The summed E-state index contributed by atoms with van der Waals surface area (Å²) in [5, 5.41) is 12.3. The molecule has 16 aromatic rings. The number of allylic oxidation sites excluding steroid dienone is 5. The third kappa shape index (κ3) is 8.74. The van der Waals surface area contributed by atoms with Crippen LogP contribution in [0.1, 0.15) is 66.8 Å². The van der Waals surface area contributed by atoms with Gasteiger partial charge in [-0.1, -0.05) is 224 Å². The van der Waals surface area contributed by atoms with E-state index in [1.807, 2.05) is 0 Å². The summed E-state index contributed by atoms with van der Waals surface area (Å²) in [5.41, 5.74) is 34.8. The van der Waals surface area contributed by atoms with Gasteiger partial charge < -0.3 is 9.80 Å². The number of anilines is 6. The third-order valence-electron chi connectivity index (χ3n) is 21.6. The smallest absolute Gasteiger partial charge is 0.0497 e. The Bertz CT molecular complexity index is 6180. The van der Waals surface area contributed by atoms with Crippen LogP contribution in [0.5, 0.6) is 0 Å². The number of rotatable bonds is 8. The van der Waals surface area contributed by atoms with E-state index >= 15 is 0 Å². The van der Waals surface area contributed by atoms with Gasteiger partial charge in [-0.2, -0.15) is 0 Å². The fourth-order valence-electron chi connectivity index (χ4n) is 17.2. The Hall–Kier alpha value is -12.4. The van der Waals surface area contributed by atoms with Gasteiger partial charge >= 0.3 is 0 Å². The van der Waals surface area contributed by atoms with Crippen molar-refractivity contribution in [1.29, 1.82) is 0 Å². The van der Waals surface area contributed by atoms with Crippen molar-refractivity contribution in [1.82, 2.24) is 0 Å². The fourth-order valence-corrected chi connectivity index (χ4v) is 17.2. The molecule has 0 aromatic heterocycles. The number of fused-ring (bicyclic) bond motifs is 12. The molecule has 0 saturated heterocycles. The highest BCUT2D eigenvalue weighted by molar-refractivity contribution is 6.40. The summed E-state index contributed by atoms with van der Waals surface area (Å²) in [6, 6.07) is 124. The summed E-state index contributed by atoms with van der Waals surface area (Å²) in [6.07, 6.45) is 1.63. The Morgan fingerprint density at radius 3 is 1.01 bits per heavy atom. The van der Waals surface area contributed by atoms with Crippen LogP contribution in [-0.4, -0.2) is 0 Å². The van der Waals surface area contributed by atoms with Crippen molar-refractivity contribution in [3.63, 3.8) is 0 Å². The molecule has 20 rings (SSSR count). The maximum Gasteiger partial charge on any atom is 0.0497 e. The summed E-state index contributed by atoms with van der Waals surface area (Å²) in [4.78, 5) is 4.94. The molecule has 2 aliphatic carbocycles. The molecule has 0 unspecified atom stereocenters.